The van der Waals surface area contributed by atoms with Gasteiger partial charge in [0.1, 0.15) is 0 Å². The molecule has 3 atom stereocenters. The van der Waals surface area contributed by atoms with Gasteiger partial charge in [0.2, 0.25) is 0 Å². The van der Waals surface area contributed by atoms with E-state index < -0.39 is 20.2 Å². The zero-order chi connectivity index (χ0) is 22.9. The van der Waals surface area contributed by atoms with Gasteiger partial charge < -0.3 is 0 Å². The molecule has 0 spiro atoms. The minimum absolute atomic E-state index is 0.0540. The van der Waals surface area contributed by atoms with Crippen LogP contribution < -0.4 is 5.73 Å². The van der Waals surface area contributed by atoms with E-state index in [9.17, 15) is 4.89 Å². The summed E-state index contributed by atoms with van der Waals surface area (Å²) in [5.74, 6) is 0.256. The van der Waals surface area contributed by atoms with Crippen molar-refractivity contribution in [1.82, 2.24) is 19.5 Å². The fourth-order valence-electron chi connectivity index (χ4n) is 3.22. The molecule has 3 heterocycles. The van der Waals surface area contributed by atoms with Crippen molar-refractivity contribution < 1.29 is 23.4 Å². The van der Waals surface area contributed by atoms with Crippen LogP contribution in [0.3, 0.4) is 0 Å². The SMILES string of the molecule is B[PH]1(O)OC[C@H](OC)[C@H](n2c(Sc3ccc(Cl)cc3)nc3c(N)ncnc32)O[C@@H](C)CO1. The second-order valence-electron chi connectivity index (χ2n) is 7.38. The Morgan fingerprint density at radius 3 is 2.72 bits per heavy atom. The van der Waals surface area contributed by atoms with Gasteiger partial charge >= 0.3 is 196 Å². The standard InChI is InChI=1S/C18H24BClN5O5PS/c1-10-7-28-31(19,26)29-8-13(27-2)17(30-10)25-16-14(15(21)22-9-23-16)24-18(25)32-12-5-3-11(20)4-6-12/h3-6,9-10,13,17,26,31H,7-8,19H2,1-2H3,(H2,21,22,23)/t10-,13-,17+/m0/s1. The third-order valence-corrected chi connectivity index (χ3v) is 7.48. The van der Waals surface area contributed by atoms with Gasteiger partial charge in [0.05, 0.1) is 0 Å². The monoisotopic (exact) mass is 499 g/mol. The van der Waals surface area contributed by atoms with Crippen LogP contribution in [0.4, 0.5) is 5.82 Å². The number of ether oxygens (including phenoxy) is 2. The summed E-state index contributed by atoms with van der Waals surface area (Å²) in [5, 5.41) is 1.22. The van der Waals surface area contributed by atoms with Crippen LogP contribution in [-0.4, -0.2) is 64.5 Å². The molecule has 0 saturated carbocycles. The summed E-state index contributed by atoms with van der Waals surface area (Å²) in [6.45, 7) is 2.07. The number of anilines is 1. The molecule has 14 heteroatoms. The number of benzene rings is 1. The van der Waals surface area contributed by atoms with Crippen LogP contribution >= 0.6 is 31.2 Å². The maximum atomic E-state index is 10.4. The normalized spacial score (nSPS) is 25.1. The average Bonchev–Trinajstić information content (AvgIpc) is 3.14. The number of nitrogen functional groups attached to an aromatic ring is 1. The zero-order valence-corrected chi connectivity index (χ0v) is 20.3. The first-order valence-electron chi connectivity index (χ1n) is 9.88. The first kappa shape index (κ1) is 23.7. The predicted octanol–water partition coefficient (Wildman–Crippen LogP) is 2.21. The second kappa shape index (κ2) is 9.78. The molecule has 32 heavy (non-hydrogen) atoms. The molecule has 172 valence electrons. The van der Waals surface area contributed by atoms with Crippen molar-refractivity contribution in [3.8, 4) is 0 Å². The second-order valence-corrected chi connectivity index (χ2v) is 11.2. The molecule has 10 nitrogen and oxygen atoms in total. The Bertz CT molecular complexity index is 1090. The molecule has 0 amide bonds. The van der Waals surface area contributed by atoms with Crippen LogP contribution in [0.1, 0.15) is 13.2 Å². The Balaban J connectivity index is 1.82. The van der Waals surface area contributed by atoms with E-state index in [-0.39, 0.29) is 25.1 Å². The van der Waals surface area contributed by atoms with E-state index in [0.717, 1.165) is 4.90 Å². The fraction of sp³-hybridized carbons (Fsp3) is 0.389. The first-order chi connectivity index (χ1) is 15.3. The van der Waals surface area contributed by atoms with E-state index in [1.54, 1.807) is 26.8 Å². The van der Waals surface area contributed by atoms with Gasteiger partial charge in [-0.3, -0.25) is 0 Å². The van der Waals surface area contributed by atoms with Gasteiger partial charge in [0, 0.05) is 0 Å². The van der Waals surface area contributed by atoms with Crippen molar-refractivity contribution in [3.63, 3.8) is 0 Å². The molecule has 1 aliphatic heterocycles. The number of nitrogens with two attached hydrogens (primary N) is 1. The molecule has 1 saturated heterocycles. The van der Waals surface area contributed by atoms with Crippen molar-refractivity contribution >= 4 is 55.7 Å². The molecule has 2 aromatic heterocycles. The fourth-order valence-corrected chi connectivity index (χ4v) is 5.36. The molecule has 0 aliphatic carbocycles. The number of rotatable bonds is 4. The Kier molecular flexibility index (Phi) is 7.23. The van der Waals surface area contributed by atoms with Crippen LogP contribution in [0.15, 0.2) is 40.6 Å². The van der Waals surface area contributed by atoms with E-state index in [2.05, 4.69) is 9.97 Å². The Hall–Kier alpha value is -1.50. The number of imidazole rings is 1. The number of methoxy groups -OCH3 is 1. The minimum atomic E-state index is -3.31. The van der Waals surface area contributed by atoms with E-state index in [1.807, 2.05) is 23.6 Å². The van der Waals surface area contributed by atoms with E-state index >= 15 is 0 Å². The van der Waals surface area contributed by atoms with Gasteiger partial charge in [-0.15, -0.1) is 0 Å². The number of halogens is 1. The topological polar surface area (TPSA) is 127 Å². The van der Waals surface area contributed by atoms with Gasteiger partial charge in [0.25, 0.3) is 0 Å². The van der Waals surface area contributed by atoms with Crippen molar-refractivity contribution in [2.45, 2.75) is 35.4 Å². The van der Waals surface area contributed by atoms with Gasteiger partial charge in [-0.25, -0.2) is 0 Å². The van der Waals surface area contributed by atoms with Crippen LogP contribution in [0.25, 0.3) is 11.2 Å². The van der Waals surface area contributed by atoms with E-state index in [4.69, 9.17) is 40.8 Å². The predicted molar refractivity (Wildman–Crippen MR) is 127 cm³/mol. The van der Waals surface area contributed by atoms with Crippen LogP contribution in [-0.2, 0) is 18.5 Å². The number of aromatic nitrogens is 4. The molecule has 4 rings (SSSR count). The van der Waals surface area contributed by atoms with Crippen LogP contribution in [0.5, 0.6) is 0 Å². The number of hydrogen-bond acceptors (Lipinski definition) is 10. The maximum absolute atomic E-state index is 10.4. The quantitative estimate of drug-likeness (QED) is 0.407. The third-order valence-electron chi connectivity index (χ3n) is 4.84. The van der Waals surface area contributed by atoms with Crippen molar-refractivity contribution in [2.75, 3.05) is 26.1 Å². The zero-order valence-electron chi connectivity index (χ0n) is 17.8. The summed E-state index contributed by atoms with van der Waals surface area (Å²) in [6, 6.07) is 7.40. The molecule has 1 aromatic carbocycles. The Labute approximate surface area is 195 Å². The summed E-state index contributed by atoms with van der Waals surface area (Å²) < 4.78 is 25.1. The third kappa shape index (κ3) is 5.18. The molecular formula is C18H24BClN5O5PS. The number of nitrogens with zero attached hydrogens (tertiary/aromatic N) is 4. The summed E-state index contributed by atoms with van der Waals surface area (Å²) in [7, 11) is -0.192. The van der Waals surface area contributed by atoms with Crippen LogP contribution in [0, 0.1) is 0 Å². The van der Waals surface area contributed by atoms with Gasteiger partial charge in [0.15, 0.2) is 0 Å². The Morgan fingerprint density at radius 2 is 2.00 bits per heavy atom. The molecular weight excluding hydrogens is 476 g/mol. The molecule has 0 unspecified atom stereocenters. The summed E-state index contributed by atoms with van der Waals surface area (Å²) in [6.07, 6.45) is -0.264. The summed E-state index contributed by atoms with van der Waals surface area (Å²) in [5.41, 5.74) is 7.04. The Morgan fingerprint density at radius 1 is 1.28 bits per heavy atom. The van der Waals surface area contributed by atoms with Gasteiger partial charge in [-0.05, 0) is 0 Å². The molecule has 0 bridgehead atoms. The summed E-state index contributed by atoms with van der Waals surface area (Å²) in [4.78, 5) is 24.5. The molecule has 3 aromatic rings. The van der Waals surface area contributed by atoms with Crippen molar-refractivity contribution in [2.24, 2.45) is 0 Å². The number of hydrogen-bond donors (Lipinski definition) is 2. The molecule has 1 aliphatic rings. The molecule has 1 fully saturated rings. The number of fused-ring (bicyclic) bond motifs is 1. The first-order valence-corrected chi connectivity index (χ1v) is 13.3. The van der Waals surface area contributed by atoms with Crippen LogP contribution in [0.2, 0.25) is 5.02 Å². The van der Waals surface area contributed by atoms with E-state index in [1.165, 1.54) is 18.1 Å². The summed E-state index contributed by atoms with van der Waals surface area (Å²) >= 11 is 7.44. The van der Waals surface area contributed by atoms with Gasteiger partial charge in [-0.1, -0.05) is 0 Å². The molecule has 3 N–H and O–H groups in total. The van der Waals surface area contributed by atoms with Crippen molar-refractivity contribution in [1.29, 1.82) is 0 Å². The average molecular weight is 500 g/mol. The van der Waals surface area contributed by atoms with Gasteiger partial charge in [-0.2, -0.15) is 0 Å². The van der Waals surface area contributed by atoms with Crippen molar-refractivity contribution in [3.05, 3.63) is 35.6 Å². The van der Waals surface area contributed by atoms with E-state index in [0.29, 0.717) is 21.3 Å². The molecule has 0 radical (unpaired) electrons.